The van der Waals surface area contributed by atoms with Gasteiger partial charge in [-0.15, -0.1) is 0 Å². The van der Waals surface area contributed by atoms with Crippen molar-refractivity contribution in [3.63, 3.8) is 0 Å². The lowest BCUT2D eigenvalue weighted by atomic mass is 9.78. The molecule has 1 aromatic carbocycles. The standard InChI is InChI=1S/C14H20/c1-11-6-5-8-13(10-11)14-9-4-3-7-12(14)2/h3-4,7,9,11,13H,5-6,8,10H2,1-2H3/t11-,13-/m1/s1. The Balaban J connectivity index is 2.18. The van der Waals surface area contributed by atoms with Crippen molar-refractivity contribution in [2.45, 2.75) is 45.4 Å². The lowest BCUT2D eigenvalue weighted by Crippen LogP contribution is -2.12. The highest BCUT2D eigenvalue weighted by atomic mass is 14.3. The maximum atomic E-state index is 2.39. The van der Waals surface area contributed by atoms with Crippen LogP contribution in [0.5, 0.6) is 0 Å². The molecule has 0 bridgehead atoms. The quantitative estimate of drug-likeness (QED) is 0.616. The predicted octanol–water partition coefficient (Wildman–Crippen LogP) is 4.29. The maximum absolute atomic E-state index is 2.39. The molecule has 0 nitrogen and oxygen atoms in total. The van der Waals surface area contributed by atoms with Gasteiger partial charge in [0.2, 0.25) is 0 Å². The van der Waals surface area contributed by atoms with Crippen LogP contribution in [0, 0.1) is 12.8 Å². The largest absolute Gasteiger partial charge is 0.0625 e. The Kier molecular flexibility index (Phi) is 2.90. The third kappa shape index (κ3) is 2.00. The van der Waals surface area contributed by atoms with E-state index in [4.69, 9.17) is 0 Å². The summed E-state index contributed by atoms with van der Waals surface area (Å²) in [5.74, 6) is 1.76. The molecule has 2 atom stereocenters. The van der Waals surface area contributed by atoms with Crippen LogP contribution in [0.2, 0.25) is 0 Å². The summed E-state index contributed by atoms with van der Waals surface area (Å²) < 4.78 is 0. The lowest BCUT2D eigenvalue weighted by Gasteiger charge is -2.28. The molecule has 0 unspecified atom stereocenters. The first-order valence-corrected chi connectivity index (χ1v) is 5.83. The van der Waals surface area contributed by atoms with Crippen molar-refractivity contribution in [2.75, 3.05) is 0 Å². The normalized spacial score (nSPS) is 27.6. The Hall–Kier alpha value is -0.780. The van der Waals surface area contributed by atoms with Crippen LogP contribution in [-0.2, 0) is 0 Å². The van der Waals surface area contributed by atoms with Gasteiger partial charge in [0.1, 0.15) is 0 Å². The zero-order chi connectivity index (χ0) is 9.97. The summed E-state index contributed by atoms with van der Waals surface area (Å²) in [4.78, 5) is 0. The lowest BCUT2D eigenvalue weighted by molar-refractivity contribution is 0.343. The van der Waals surface area contributed by atoms with Gasteiger partial charge in [-0.2, -0.15) is 0 Å². The number of hydrogen-bond donors (Lipinski definition) is 0. The molecular weight excluding hydrogens is 168 g/mol. The van der Waals surface area contributed by atoms with E-state index in [9.17, 15) is 0 Å². The van der Waals surface area contributed by atoms with Gasteiger partial charge in [-0.3, -0.25) is 0 Å². The Morgan fingerprint density at radius 1 is 1.14 bits per heavy atom. The molecule has 1 saturated carbocycles. The predicted molar refractivity (Wildman–Crippen MR) is 61.6 cm³/mol. The van der Waals surface area contributed by atoms with E-state index in [1.54, 1.807) is 5.56 Å². The summed E-state index contributed by atoms with van der Waals surface area (Å²) >= 11 is 0. The fourth-order valence-corrected chi connectivity index (χ4v) is 2.76. The van der Waals surface area contributed by atoms with Crippen LogP contribution in [0.4, 0.5) is 0 Å². The van der Waals surface area contributed by atoms with Gasteiger partial charge in [0.05, 0.1) is 0 Å². The van der Waals surface area contributed by atoms with Gasteiger partial charge in [0.25, 0.3) is 0 Å². The zero-order valence-corrected chi connectivity index (χ0v) is 9.29. The molecule has 2 rings (SSSR count). The minimum Gasteiger partial charge on any atom is -0.0625 e. The second-order valence-electron chi connectivity index (χ2n) is 4.83. The molecular formula is C14H20. The number of rotatable bonds is 1. The Bertz CT molecular complexity index is 301. The van der Waals surface area contributed by atoms with Crippen molar-refractivity contribution in [3.05, 3.63) is 35.4 Å². The summed E-state index contributed by atoms with van der Waals surface area (Å²) in [5, 5.41) is 0. The summed E-state index contributed by atoms with van der Waals surface area (Å²) in [6.07, 6.45) is 5.64. The van der Waals surface area contributed by atoms with E-state index < -0.39 is 0 Å². The van der Waals surface area contributed by atoms with E-state index in [0.29, 0.717) is 0 Å². The third-order valence-electron chi connectivity index (χ3n) is 3.56. The topological polar surface area (TPSA) is 0 Å². The second kappa shape index (κ2) is 4.16. The minimum absolute atomic E-state index is 0.833. The Morgan fingerprint density at radius 2 is 1.93 bits per heavy atom. The fraction of sp³-hybridized carbons (Fsp3) is 0.571. The van der Waals surface area contributed by atoms with Crippen LogP contribution < -0.4 is 0 Å². The van der Waals surface area contributed by atoms with Gasteiger partial charge >= 0.3 is 0 Å². The van der Waals surface area contributed by atoms with Gasteiger partial charge in [0.15, 0.2) is 0 Å². The number of benzene rings is 1. The van der Waals surface area contributed by atoms with Crippen LogP contribution in [0.15, 0.2) is 24.3 Å². The molecule has 0 N–H and O–H groups in total. The molecule has 1 aliphatic rings. The van der Waals surface area contributed by atoms with E-state index in [2.05, 4.69) is 38.1 Å². The first kappa shape index (κ1) is 9.76. The van der Waals surface area contributed by atoms with Crippen molar-refractivity contribution in [1.82, 2.24) is 0 Å². The summed E-state index contributed by atoms with van der Waals surface area (Å²) in [6, 6.07) is 8.89. The van der Waals surface area contributed by atoms with Crippen molar-refractivity contribution in [3.8, 4) is 0 Å². The molecule has 0 radical (unpaired) electrons. The van der Waals surface area contributed by atoms with Crippen LogP contribution in [0.25, 0.3) is 0 Å². The van der Waals surface area contributed by atoms with E-state index in [0.717, 1.165) is 11.8 Å². The van der Waals surface area contributed by atoms with Gasteiger partial charge < -0.3 is 0 Å². The molecule has 76 valence electrons. The molecule has 0 saturated heterocycles. The van der Waals surface area contributed by atoms with Crippen molar-refractivity contribution >= 4 is 0 Å². The molecule has 0 spiro atoms. The van der Waals surface area contributed by atoms with Crippen LogP contribution in [0.3, 0.4) is 0 Å². The van der Waals surface area contributed by atoms with Crippen LogP contribution in [0.1, 0.15) is 49.7 Å². The van der Waals surface area contributed by atoms with E-state index >= 15 is 0 Å². The van der Waals surface area contributed by atoms with Gasteiger partial charge in [-0.25, -0.2) is 0 Å². The van der Waals surface area contributed by atoms with Gasteiger partial charge in [0, 0.05) is 0 Å². The molecule has 0 heterocycles. The molecule has 0 amide bonds. The van der Waals surface area contributed by atoms with E-state index in [-0.39, 0.29) is 0 Å². The highest BCUT2D eigenvalue weighted by Crippen LogP contribution is 2.36. The van der Waals surface area contributed by atoms with Crippen LogP contribution >= 0.6 is 0 Å². The maximum Gasteiger partial charge on any atom is -0.0157 e. The Morgan fingerprint density at radius 3 is 2.64 bits per heavy atom. The molecule has 0 heteroatoms. The minimum atomic E-state index is 0.833. The fourth-order valence-electron chi connectivity index (χ4n) is 2.76. The first-order valence-electron chi connectivity index (χ1n) is 5.83. The highest BCUT2D eigenvalue weighted by Gasteiger charge is 2.20. The average Bonchev–Trinajstić information content (AvgIpc) is 2.18. The summed E-state index contributed by atoms with van der Waals surface area (Å²) in [5.41, 5.74) is 3.07. The summed E-state index contributed by atoms with van der Waals surface area (Å²) in [7, 11) is 0. The monoisotopic (exact) mass is 188 g/mol. The molecule has 14 heavy (non-hydrogen) atoms. The highest BCUT2D eigenvalue weighted by molar-refractivity contribution is 5.29. The number of aryl methyl sites for hydroxylation is 1. The average molecular weight is 188 g/mol. The molecule has 1 aromatic rings. The van der Waals surface area contributed by atoms with Gasteiger partial charge in [-0.1, -0.05) is 44.0 Å². The van der Waals surface area contributed by atoms with E-state index in [1.807, 2.05) is 0 Å². The van der Waals surface area contributed by atoms with Gasteiger partial charge in [-0.05, 0) is 42.7 Å². The van der Waals surface area contributed by atoms with Crippen LogP contribution in [-0.4, -0.2) is 0 Å². The third-order valence-corrected chi connectivity index (χ3v) is 3.56. The summed E-state index contributed by atoms with van der Waals surface area (Å²) in [6.45, 7) is 4.64. The number of hydrogen-bond acceptors (Lipinski definition) is 0. The second-order valence-corrected chi connectivity index (χ2v) is 4.83. The Labute approximate surface area is 87.3 Å². The van der Waals surface area contributed by atoms with Crippen molar-refractivity contribution in [1.29, 1.82) is 0 Å². The first-order chi connectivity index (χ1) is 6.77. The molecule has 0 aliphatic heterocycles. The zero-order valence-electron chi connectivity index (χ0n) is 9.29. The smallest absolute Gasteiger partial charge is 0.0157 e. The van der Waals surface area contributed by atoms with Crippen molar-refractivity contribution < 1.29 is 0 Å². The molecule has 0 aromatic heterocycles. The molecule has 1 fully saturated rings. The van der Waals surface area contributed by atoms with E-state index in [1.165, 1.54) is 31.2 Å². The van der Waals surface area contributed by atoms with Crippen molar-refractivity contribution in [2.24, 2.45) is 5.92 Å². The SMILES string of the molecule is Cc1ccccc1[C@@H]1CCC[C@@H](C)C1. The molecule has 1 aliphatic carbocycles.